The van der Waals surface area contributed by atoms with E-state index in [1.165, 1.54) is 24.3 Å². The first-order chi connectivity index (χ1) is 11.1. The highest BCUT2D eigenvalue weighted by molar-refractivity contribution is 5.99. The minimum absolute atomic E-state index is 0.0319. The third kappa shape index (κ3) is 3.08. The molecule has 1 aliphatic heterocycles. The Morgan fingerprint density at radius 3 is 2.61 bits per heavy atom. The maximum Gasteiger partial charge on any atom is 0.338 e. The van der Waals surface area contributed by atoms with Gasteiger partial charge in [-0.1, -0.05) is 18.2 Å². The maximum absolute atomic E-state index is 12.8. The van der Waals surface area contributed by atoms with Gasteiger partial charge in [-0.2, -0.15) is 0 Å². The summed E-state index contributed by atoms with van der Waals surface area (Å²) in [6.45, 7) is 1.62. The third-order valence-electron chi connectivity index (χ3n) is 3.88. The summed E-state index contributed by atoms with van der Waals surface area (Å²) in [7, 11) is 0. The maximum atomic E-state index is 12.8. The molecule has 118 valence electrons. The van der Waals surface area contributed by atoms with E-state index in [0.717, 1.165) is 17.7 Å². The number of fused-ring (bicyclic) bond motifs is 1. The lowest BCUT2D eigenvalue weighted by atomic mass is 10.1. The van der Waals surface area contributed by atoms with Crippen molar-refractivity contribution in [2.24, 2.45) is 0 Å². The van der Waals surface area contributed by atoms with Gasteiger partial charge in [0.05, 0.1) is 5.56 Å². The van der Waals surface area contributed by atoms with Gasteiger partial charge < -0.3 is 9.64 Å². The van der Waals surface area contributed by atoms with E-state index in [4.69, 9.17) is 4.74 Å². The SMILES string of the molecule is C[C@@H]1Cc2ccccc2N1C(=O)COC(=O)c1ccc(F)cc1. The number of para-hydroxylation sites is 1. The number of halogens is 1. The summed E-state index contributed by atoms with van der Waals surface area (Å²) in [5.41, 5.74) is 2.19. The van der Waals surface area contributed by atoms with E-state index in [0.29, 0.717) is 0 Å². The largest absolute Gasteiger partial charge is 0.452 e. The summed E-state index contributed by atoms with van der Waals surface area (Å²) in [5.74, 6) is -1.34. The summed E-state index contributed by atoms with van der Waals surface area (Å²) in [6, 6.07) is 12.7. The third-order valence-corrected chi connectivity index (χ3v) is 3.88. The molecule has 0 N–H and O–H groups in total. The Morgan fingerprint density at radius 1 is 1.17 bits per heavy atom. The van der Waals surface area contributed by atoms with Crippen molar-refractivity contribution in [1.29, 1.82) is 0 Å². The topological polar surface area (TPSA) is 46.6 Å². The Balaban J connectivity index is 1.66. The van der Waals surface area contributed by atoms with Crippen LogP contribution >= 0.6 is 0 Å². The molecule has 1 atom stereocenters. The van der Waals surface area contributed by atoms with Gasteiger partial charge >= 0.3 is 5.97 Å². The zero-order chi connectivity index (χ0) is 16.4. The lowest BCUT2D eigenvalue weighted by Gasteiger charge is -2.22. The number of amides is 1. The highest BCUT2D eigenvalue weighted by atomic mass is 19.1. The van der Waals surface area contributed by atoms with Gasteiger partial charge in [0.15, 0.2) is 6.61 Å². The Labute approximate surface area is 133 Å². The van der Waals surface area contributed by atoms with Crippen LogP contribution in [0.15, 0.2) is 48.5 Å². The molecule has 4 nitrogen and oxygen atoms in total. The van der Waals surface area contributed by atoms with Gasteiger partial charge in [-0.3, -0.25) is 4.79 Å². The van der Waals surface area contributed by atoms with Gasteiger partial charge in [0.2, 0.25) is 0 Å². The van der Waals surface area contributed by atoms with E-state index in [9.17, 15) is 14.0 Å². The highest BCUT2D eigenvalue weighted by Crippen LogP contribution is 2.31. The number of hydrogen-bond donors (Lipinski definition) is 0. The van der Waals surface area contributed by atoms with E-state index in [2.05, 4.69) is 0 Å². The van der Waals surface area contributed by atoms with Crippen LogP contribution in [0.25, 0.3) is 0 Å². The molecule has 1 aliphatic rings. The van der Waals surface area contributed by atoms with Crippen molar-refractivity contribution in [2.75, 3.05) is 11.5 Å². The predicted octanol–water partition coefficient (Wildman–Crippen LogP) is 2.96. The number of hydrogen-bond acceptors (Lipinski definition) is 3. The standard InChI is InChI=1S/C18H16FNO3/c1-12-10-14-4-2-3-5-16(14)20(12)17(21)11-23-18(22)13-6-8-15(19)9-7-13/h2-9,12H,10-11H2,1H3/t12-/m1/s1. The molecule has 2 aromatic rings. The number of anilines is 1. The first-order valence-electron chi connectivity index (χ1n) is 7.39. The van der Waals surface area contributed by atoms with Crippen LogP contribution in [0.5, 0.6) is 0 Å². The van der Waals surface area contributed by atoms with Crippen molar-refractivity contribution in [3.05, 3.63) is 65.5 Å². The van der Waals surface area contributed by atoms with Gasteiger partial charge in [0, 0.05) is 11.7 Å². The molecule has 0 aliphatic carbocycles. The highest BCUT2D eigenvalue weighted by Gasteiger charge is 2.30. The van der Waals surface area contributed by atoms with Gasteiger partial charge in [0.1, 0.15) is 5.82 Å². The number of carbonyl (C=O) groups excluding carboxylic acids is 2. The Morgan fingerprint density at radius 2 is 1.87 bits per heavy atom. The predicted molar refractivity (Wildman–Crippen MR) is 83.8 cm³/mol. The molecule has 3 rings (SSSR count). The van der Waals surface area contributed by atoms with E-state index >= 15 is 0 Å². The van der Waals surface area contributed by atoms with Crippen molar-refractivity contribution in [2.45, 2.75) is 19.4 Å². The molecule has 0 bridgehead atoms. The summed E-state index contributed by atoms with van der Waals surface area (Å²) in [5, 5.41) is 0. The van der Waals surface area contributed by atoms with Gasteiger partial charge in [0.25, 0.3) is 5.91 Å². The fourth-order valence-electron chi connectivity index (χ4n) is 2.81. The molecule has 1 amide bonds. The van der Waals surface area contributed by atoms with Gasteiger partial charge in [-0.05, 0) is 49.2 Å². The van der Waals surface area contributed by atoms with Crippen molar-refractivity contribution < 1.29 is 18.7 Å². The van der Waals surface area contributed by atoms with Crippen LogP contribution in [0.3, 0.4) is 0 Å². The smallest absolute Gasteiger partial charge is 0.338 e. The van der Waals surface area contributed by atoms with Gasteiger partial charge in [-0.15, -0.1) is 0 Å². The van der Waals surface area contributed by atoms with Crippen molar-refractivity contribution in [3.63, 3.8) is 0 Å². The van der Waals surface area contributed by atoms with Crippen LogP contribution in [0.1, 0.15) is 22.8 Å². The molecule has 0 aromatic heterocycles. The minimum Gasteiger partial charge on any atom is -0.452 e. The van der Waals surface area contributed by atoms with Crippen LogP contribution in [-0.4, -0.2) is 24.5 Å². The lowest BCUT2D eigenvalue weighted by Crippen LogP contribution is -2.38. The molecule has 23 heavy (non-hydrogen) atoms. The average molecular weight is 313 g/mol. The summed E-state index contributed by atoms with van der Waals surface area (Å²) < 4.78 is 17.9. The van der Waals surface area contributed by atoms with Gasteiger partial charge in [-0.25, -0.2) is 9.18 Å². The van der Waals surface area contributed by atoms with Crippen LogP contribution in [0.4, 0.5) is 10.1 Å². The molecule has 0 saturated heterocycles. The molecule has 0 unspecified atom stereocenters. The van der Waals surface area contributed by atoms with E-state index in [1.807, 2.05) is 31.2 Å². The normalized spacial score (nSPS) is 16.1. The number of ether oxygens (including phenoxy) is 1. The Hall–Kier alpha value is -2.69. The van der Waals surface area contributed by atoms with Crippen molar-refractivity contribution in [1.82, 2.24) is 0 Å². The fourth-order valence-corrected chi connectivity index (χ4v) is 2.81. The van der Waals surface area contributed by atoms with E-state index < -0.39 is 11.8 Å². The zero-order valence-electron chi connectivity index (χ0n) is 12.7. The van der Waals surface area contributed by atoms with Crippen LogP contribution in [0.2, 0.25) is 0 Å². The molecule has 0 spiro atoms. The van der Waals surface area contributed by atoms with Crippen LogP contribution in [0, 0.1) is 5.82 Å². The summed E-state index contributed by atoms with van der Waals surface area (Å²) >= 11 is 0. The van der Waals surface area contributed by atoms with Crippen molar-refractivity contribution >= 4 is 17.6 Å². The number of nitrogens with zero attached hydrogens (tertiary/aromatic N) is 1. The second kappa shape index (κ2) is 6.20. The number of esters is 1. The van der Waals surface area contributed by atoms with Crippen molar-refractivity contribution in [3.8, 4) is 0 Å². The lowest BCUT2D eigenvalue weighted by molar-refractivity contribution is -0.122. The number of benzene rings is 2. The molecular formula is C18H16FNO3. The Kier molecular flexibility index (Phi) is 4.10. The summed E-state index contributed by atoms with van der Waals surface area (Å²) in [6.07, 6.45) is 0.786. The molecule has 5 heteroatoms. The molecule has 0 radical (unpaired) electrons. The first-order valence-corrected chi connectivity index (χ1v) is 7.39. The molecule has 1 heterocycles. The average Bonchev–Trinajstić information content (AvgIpc) is 2.88. The summed E-state index contributed by atoms with van der Waals surface area (Å²) in [4.78, 5) is 25.9. The second-order valence-corrected chi connectivity index (χ2v) is 5.53. The molecule has 0 saturated carbocycles. The number of carbonyl (C=O) groups is 2. The molecule has 2 aromatic carbocycles. The number of rotatable bonds is 3. The molecule has 0 fully saturated rings. The zero-order valence-corrected chi connectivity index (χ0v) is 12.7. The van der Waals surface area contributed by atoms with Crippen LogP contribution in [-0.2, 0) is 16.0 Å². The van der Waals surface area contributed by atoms with E-state index in [-0.39, 0.29) is 24.1 Å². The molecular weight excluding hydrogens is 297 g/mol. The first kappa shape index (κ1) is 15.2. The Bertz CT molecular complexity index is 742. The fraction of sp³-hybridized carbons (Fsp3) is 0.222. The second-order valence-electron chi connectivity index (χ2n) is 5.53. The van der Waals surface area contributed by atoms with Crippen LogP contribution < -0.4 is 4.90 Å². The quantitative estimate of drug-likeness (QED) is 0.819. The van der Waals surface area contributed by atoms with E-state index in [1.54, 1.807) is 4.90 Å². The monoisotopic (exact) mass is 313 g/mol. The minimum atomic E-state index is -0.640.